The highest BCUT2D eigenvalue weighted by Gasteiger charge is 2.29. The third kappa shape index (κ3) is 3.85. The Labute approximate surface area is 150 Å². The van der Waals surface area contributed by atoms with Crippen LogP contribution in [0.3, 0.4) is 0 Å². The topological polar surface area (TPSA) is 127 Å². The van der Waals surface area contributed by atoms with Crippen LogP contribution in [0.4, 0.5) is 11.8 Å². The van der Waals surface area contributed by atoms with Gasteiger partial charge in [0.25, 0.3) is 5.91 Å². The van der Waals surface area contributed by atoms with Crippen molar-refractivity contribution in [3.05, 3.63) is 36.5 Å². The number of anilines is 2. The molecule has 10 heteroatoms. The molecule has 1 aliphatic heterocycles. The fourth-order valence-corrected chi connectivity index (χ4v) is 2.61. The Kier molecular flexibility index (Phi) is 5.20. The summed E-state index contributed by atoms with van der Waals surface area (Å²) in [5.41, 5.74) is 5.50. The third-order valence-electron chi connectivity index (χ3n) is 3.98. The first-order valence-corrected chi connectivity index (χ1v) is 8.14. The first kappa shape index (κ1) is 17.5. The fourth-order valence-electron chi connectivity index (χ4n) is 2.61. The highest BCUT2D eigenvalue weighted by molar-refractivity contribution is 5.94. The third-order valence-corrected chi connectivity index (χ3v) is 3.98. The van der Waals surface area contributed by atoms with E-state index in [9.17, 15) is 9.59 Å². The van der Waals surface area contributed by atoms with E-state index in [1.54, 1.807) is 23.4 Å². The van der Waals surface area contributed by atoms with Crippen molar-refractivity contribution >= 4 is 23.6 Å². The summed E-state index contributed by atoms with van der Waals surface area (Å²) in [4.78, 5) is 44.3. The van der Waals surface area contributed by atoms with Gasteiger partial charge in [0, 0.05) is 51.0 Å². The summed E-state index contributed by atoms with van der Waals surface area (Å²) in [6.07, 6.45) is 5.13. The first-order valence-electron chi connectivity index (χ1n) is 8.14. The van der Waals surface area contributed by atoms with Crippen LogP contribution in [0.15, 0.2) is 30.9 Å². The number of hydrogen-bond acceptors (Lipinski definition) is 9. The molecule has 1 atom stereocenters. The molecule has 2 aromatic rings. The van der Waals surface area contributed by atoms with Gasteiger partial charge in [-0.25, -0.2) is 24.7 Å². The molecule has 3 rings (SSSR count). The number of aromatic nitrogens is 4. The molecule has 0 unspecified atom stereocenters. The summed E-state index contributed by atoms with van der Waals surface area (Å²) >= 11 is 0. The lowest BCUT2D eigenvalue weighted by Crippen LogP contribution is -2.52. The van der Waals surface area contributed by atoms with Crippen LogP contribution in [0.5, 0.6) is 0 Å². The minimum absolute atomic E-state index is 0.0337. The van der Waals surface area contributed by atoms with Crippen LogP contribution in [-0.4, -0.2) is 69.0 Å². The number of nitrogen functional groups attached to an aromatic ring is 1. The summed E-state index contributed by atoms with van der Waals surface area (Å²) in [6, 6.07) is 1.75. The van der Waals surface area contributed by atoms with Gasteiger partial charge in [-0.2, -0.15) is 0 Å². The maximum absolute atomic E-state index is 12.5. The number of piperazine rings is 1. The molecule has 10 nitrogen and oxygen atoms in total. The monoisotopic (exact) mass is 357 g/mol. The Morgan fingerprint density at radius 3 is 2.35 bits per heavy atom. The average Bonchev–Trinajstić information content (AvgIpc) is 2.68. The average molecular weight is 357 g/mol. The number of rotatable bonds is 4. The van der Waals surface area contributed by atoms with E-state index in [0.717, 1.165) is 0 Å². The van der Waals surface area contributed by atoms with Crippen molar-refractivity contribution in [3.63, 3.8) is 0 Å². The predicted molar refractivity (Wildman–Crippen MR) is 92.1 cm³/mol. The zero-order valence-electron chi connectivity index (χ0n) is 14.3. The molecular formula is C16H19N7O3. The standard InChI is InChI=1S/C16H19N7O3/c1-11(26-15(25)12-13(17)19-6-5-18-12)14(24)22-7-9-23(10-8-22)16-20-3-2-4-21-16/h2-6,11H,7-10H2,1H3,(H2,17,19)/t11-/m0/s1. The van der Waals surface area contributed by atoms with Crippen molar-refractivity contribution in [2.45, 2.75) is 13.0 Å². The van der Waals surface area contributed by atoms with Crippen LogP contribution in [0.2, 0.25) is 0 Å². The lowest BCUT2D eigenvalue weighted by Gasteiger charge is -2.35. The zero-order chi connectivity index (χ0) is 18.5. The Hall–Kier alpha value is -3.30. The molecule has 1 saturated heterocycles. The van der Waals surface area contributed by atoms with Gasteiger partial charge < -0.3 is 20.3 Å². The molecule has 0 aromatic carbocycles. The molecule has 1 fully saturated rings. The Morgan fingerprint density at radius 2 is 1.69 bits per heavy atom. The van der Waals surface area contributed by atoms with Crippen molar-refractivity contribution in [1.29, 1.82) is 0 Å². The van der Waals surface area contributed by atoms with E-state index in [0.29, 0.717) is 32.1 Å². The number of carbonyl (C=O) groups excluding carboxylic acids is 2. The molecule has 3 heterocycles. The smallest absolute Gasteiger partial charge is 0.361 e. The van der Waals surface area contributed by atoms with Gasteiger partial charge in [-0.05, 0) is 13.0 Å². The van der Waals surface area contributed by atoms with Crippen molar-refractivity contribution in [2.75, 3.05) is 36.8 Å². The van der Waals surface area contributed by atoms with E-state index >= 15 is 0 Å². The predicted octanol–water partition coefficient (Wildman–Crippen LogP) is -0.257. The molecule has 0 radical (unpaired) electrons. The number of esters is 1. The fraction of sp³-hybridized carbons (Fsp3) is 0.375. The van der Waals surface area contributed by atoms with Crippen LogP contribution < -0.4 is 10.6 Å². The van der Waals surface area contributed by atoms with Crippen molar-refractivity contribution in [2.24, 2.45) is 0 Å². The van der Waals surface area contributed by atoms with Gasteiger partial charge >= 0.3 is 5.97 Å². The molecule has 0 aliphatic carbocycles. The van der Waals surface area contributed by atoms with E-state index in [-0.39, 0.29) is 17.4 Å². The SMILES string of the molecule is C[C@H](OC(=O)c1nccnc1N)C(=O)N1CCN(c2ncccn2)CC1. The van der Waals surface area contributed by atoms with Crippen LogP contribution in [-0.2, 0) is 9.53 Å². The van der Waals surface area contributed by atoms with Crippen LogP contribution in [0, 0.1) is 0 Å². The van der Waals surface area contributed by atoms with E-state index in [2.05, 4.69) is 19.9 Å². The minimum Gasteiger partial charge on any atom is -0.448 e. The number of amides is 1. The minimum atomic E-state index is -0.941. The van der Waals surface area contributed by atoms with Gasteiger partial charge in [-0.15, -0.1) is 0 Å². The van der Waals surface area contributed by atoms with Gasteiger partial charge in [0.2, 0.25) is 5.95 Å². The first-order chi connectivity index (χ1) is 12.6. The molecule has 1 aliphatic rings. The summed E-state index contributed by atoms with van der Waals surface area (Å²) < 4.78 is 5.19. The van der Waals surface area contributed by atoms with E-state index in [1.165, 1.54) is 19.3 Å². The normalized spacial score (nSPS) is 15.4. The van der Waals surface area contributed by atoms with E-state index in [1.807, 2.05) is 4.90 Å². The van der Waals surface area contributed by atoms with Gasteiger partial charge in [0.15, 0.2) is 17.6 Å². The number of carbonyl (C=O) groups is 2. The van der Waals surface area contributed by atoms with E-state index < -0.39 is 12.1 Å². The number of nitrogens with two attached hydrogens (primary N) is 1. The summed E-state index contributed by atoms with van der Waals surface area (Å²) in [6.45, 7) is 3.72. The molecule has 0 bridgehead atoms. The summed E-state index contributed by atoms with van der Waals surface area (Å²) in [5.74, 6) is -0.437. The largest absolute Gasteiger partial charge is 0.448 e. The lowest BCUT2D eigenvalue weighted by molar-refractivity contribution is -0.140. The highest BCUT2D eigenvalue weighted by Crippen LogP contribution is 2.13. The Bertz CT molecular complexity index is 778. The molecule has 136 valence electrons. The van der Waals surface area contributed by atoms with Gasteiger partial charge in [0.05, 0.1) is 0 Å². The molecule has 0 spiro atoms. The quantitative estimate of drug-likeness (QED) is 0.736. The maximum atomic E-state index is 12.5. The zero-order valence-corrected chi connectivity index (χ0v) is 14.3. The molecular weight excluding hydrogens is 338 g/mol. The summed E-state index contributed by atoms with van der Waals surface area (Å²) in [7, 11) is 0. The van der Waals surface area contributed by atoms with Gasteiger partial charge in [-0.1, -0.05) is 0 Å². The van der Waals surface area contributed by atoms with Crippen molar-refractivity contribution in [3.8, 4) is 0 Å². The van der Waals surface area contributed by atoms with Crippen LogP contribution >= 0.6 is 0 Å². The summed E-state index contributed by atoms with van der Waals surface area (Å²) in [5, 5.41) is 0. The van der Waals surface area contributed by atoms with Crippen LogP contribution in [0.1, 0.15) is 17.4 Å². The van der Waals surface area contributed by atoms with E-state index in [4.69, 9.17) is 10.5 Å². The second-order valence-electron chi connectivity index (χ2n) is 5.70. The lowest BCUT2D eigenvalue weighted by atomic mass is 10.2. The van der Waals surface area contributed by atoms with Crippen LogP contribution in [0.25, 0.3) is 0 Å². The molecule has 0 saturated carbocycles. The Balaban J connectivity index is 1.55. The number of hydrogen-bond donors (Lipinski definition) is 1. The second kappa shape index (κ2) is 7.72. The van der Waals surface area contributed by atoms with Gasteiger partial charge in [-0.3, -0.25) is 4.79 Å². The Morgan fingerprint density at radius 1 is 1.04 bits per heavy atom. The molecule has 2 aromatic heterocycles. The number of nitrogens with zero attached hydrogens (tertiary/aromatic N) is 6. The number of ether oxygens (including phenoxy) is 1. The van der Waals surface area contributed by atoms with Crippen molar-refractivity contribution < 1.29 is 14.3 Å². The van der Waals surface area contributed by atoms with Gasteiger partial charge in [0.1, 0.15) is 0 Å². The van der Waals surface area contributed by atoms with Crippen molar-refractivity contribution in [1.82, 2.24) is 24.8 Å². The molecule has 26 heavy (non-hydrogen) atoms. The highest BCUT2D eigenvalue weighted by atomic mass is 16.5. The molecule has 2 N–H and O–H groups in total. The second-order valence-corrected chi connectivity index (χ2v) is 5.70. The maximum Gasteiger partial charge on any atom is 0.361 e. The molecule has 1 amide bonds.